The fourth-order valence-corrected chi connectivity index (χ4v) is 4.88. The zero-order valence-corrected chi connectivity index (χ0v) is 26.5. The Morgan fingerprint density at radius 2 is 1.32 bits per heavy atom. The number of alkyl carbamates (subject to hydrolysis) is 1. The van der Waals surface area contributed by atoms with Crippen molar-refractivity contribution in [3.63, 3.8) is 0 Å². The molecule has 0 bridgehead atoms. The highest BCUT2D eigenvalue weighted by Gasteiger charge is 2.44. The molecule has 40 heavy (non-hydrogen) atoms. The first-order valence-electron chi connectivity index (χ1n) is 14.2. The van der Waals surface area contributed by atoms with Crippen LogP contribution in [0.15, 0.2) is 36.4 Å². The van der Waals surface area contributed by atoms with Crippen LogP contribution in [-0.4, -0.2) is 40.0 Å². The van der Waals surface area contributed by atoms with Gasteiger partial charge in [0.15, 0.2) is 0 Å². The molecule has 0 heterocycles. The van der Waals surface area contributed by atoms with Crippen molar-refractivity contribution >= 4 is 23.6 Å². The molecule has 220 valence electrons. The van der Waals surface area contributed by atoms with E-state index in [9.17, 15) is 14.4 Å². The molecule has 0 spiro atoms. The predicted molar refractivity (Wildman–Crippen MR) is 162 cm³/mol. The highest BCUT2D eigenvalue weighted by Crippen LogP contribution is 2.37. The smallest absolute Gasteiger partial charge is 0.408 e. The van der Waals surface area contributed by atoms with Crippen molar-refractivity contribution in [3.8, 4) is 0 Å². The van der Waals surface area contributed by atoms with Gasteiger partial charge in [-0.05, 0) is 102 Å². The average molecular weight is 552 g/mol. The van der Waals surface area contributed by atoms with Gasteiger partial charge in [-0.2, -0.15) is 0 Å². The number of carbonyl (C=O) groups is 3. The van der Waals surface area contributed by atoms with E-state index in [0.29, 0.717) is 6.42 Å². The van der Waals surface area contributed by atoms with Crippen LogP contribution in [0.1, 0.15) is 95.7 Å². The van der Waals surface area contributed by atoms with Gasteiger partial charge in [-0.15, -0.1) is 0 Å². The van der Waals surface area contributed by atoms with E-state index in [2.05, 4.69) is 10.6 Å². The number of amides is 3. The summed E-state index contributed by atoms with van der Waals surface area (Å²) in [5.74, 6) is -0.892. The second kappa shape index (κ2) is 12.9. The first-order valence-corrected chi connectivity index (χ1v) is 14.2. The van der Waals surface area contributed by atoms with Crippen molar-refractivity contribution in [2.24, 2.45) is 5.92 Å². The fourth-order valence-electron chi connectivity index (χ4n) is 4.88. The fraction of sp³-hybridized carbons (Fsp3) is 0.545. The lowest BCUT2D eigenvalue weighted by Crippen LogP contribution is -2.60. The van der Waals surface area contributed by atoms with Crippen LogP contribution >= 0.6 is 0 Å². The summed E-state index contributed by atoms with van der Waals surface area (Å²) in [4.78, 5) is 43.5. The molecule has 0 saturated heterocycles. The number of nitrogens with zero attached hydrogens (tertiary/aromatic N) is 1. The zero-order valence-electron chi connectivity index (χ0n) is 26.5. The molecule has 2 N–H and O–H groups in total. The number of ether oxygens (including phenoxy) is 1. The van der Waals surface area contributed by atoms with Crippen molar-refractivity contribution in [2.45, 2.75) is 113 Å². The molecule has 2 rings (SSSR count). The summed E-state index contributed by atoms with van der Waals surface area (Å²) in [6, 6.07) is 9.89. The Labute approximate surface area is 241 Å². The molecule has 2 aromatic carbocycles. The topological polar surface area (TPSA) is 87.7 Å². The van der Waals surface area contributed by atoms with Crippen LogP contribution in [0.2, 0.25) is 0 Å². The number of aryl methyl sites for hydroxylation is 4. The Balaban J connectivity index is 2.75. The third-order valence-electron chi connectivity index (χ3n) is 7.41. The molecule has 0 fully saturated rings. The number of nitrogens with one attached hydrogen (secondary N) is 2. The molecule has 2 atom stereocenters. The molecule has 0 aliphatic rings. The Kier molecular flexibility index (Phi) is 10.6. The minimum atomic E-state index is -0.940. The van der Waals surface area contributed by atoms with E-state index in [4.69, 9.17) is 4.74 Å². The molecule has 2 aromatic rings. The summed E-state index contributed by atoms with van der Waals surface area (Å²) >= 11 is 0. The third-order valence-corrected chi connectivity index (χ3v) is 7.41. The van der Waals surface area contributed by atoms with E-state index < -0.39 is 29.3 Å². The van der Waals surface area contributed by atoms with Crippen molar-refractivity contribution < 1.29 is 19.1 Å². The minimum Gasteiger partial charge on any atom is -0.444 e. The number of hydrogen-bond donors (Lipinski definition) is 2. The number of rotatable bonds is 9. The summed E-state index contributed by atoms with van der Waals surface area (Å²) in [7, 11) is 0. The van der Waals surface area contributed by atoms with Crippen LogP contribution in [0.5, 0.6) is 0 Å². The monoisotopic (exact) mass is 551 g/mol. The van der Waals surface area contributed by atoms with Crippen LogP contribution in [0.4, 0.5) is 10.5 Å². The van der Waals surface area contributed by atoms with Gasteiger partial charge in [0.1, 0.15) is 17.7 Å². The molecule has 7 nitrogen and oxygen atoms in total. The molecule has 0 saturated carbocycles. The quantitative estimate of drug-likeness (QED) is 0.346. The van der Waals surface area contributed by atoms with Crippen LogP contribution in [0.25, 0.3) is 0 Å². The maximum atomic E-state index is 14.6. The van der Waals surface area contributed by atoms with Crippen LogP contribution in [-0.2, 0) is 14.3 Å². The third kappa shape index (κ3) is 7.86. The van der Waals surface area contributed by atoms with Crippen LogP contribution in [0.3, 0.4) is 0 Å². The number of carbonyl (C=O) groups excluding carboxylic acids is 3. The van der Waals surface area contributed by atoms with Gasteiger partial charge in [0, 0.05) is 11.2 Å². The lowest BCUT2D eigenvalue weighted by atomic mass is 9.87. The van der Waals surface area contributed by atoms with E-state index in [-0.39, 0.29) is 17.7 Å². The summed E-state index contributed by atoms with van der Waals surface area (Å²) in [6.45, 7) is 22.8. The average Bonchev–Trinajstić information content (AvgIpc) is 2.82. The van der Waals surface area contributed by atoms with Gasteiger partial charge in [-0.25, -0.2) is 4.79 Å². The maximum absolute atomic E-state index is 14.6. The zero-order chi connectivity index (χ0) is 30.6. The van der Waals surface area contributed by atoms with E-state index in [1.165, 1.54) is 0 Å². The van der Waals surface area contributed by atoms with Crippen molar-refractivity contribution in [1.82, 2.24) is 10.2 Å². The van der Waals surface area contributed by atoms with Crippen molar-refractivity contribution in [1.29, 1.82) is 0 Å². The van der Waals surface area contributed by atoms with Gasteiger partial charge in [0.2, 0.25) is 5.91 Å². The normalized spacial score (nSPS) is 13.4. The number of hydrogen-bond acceptors (Lipinski definition) is 4. The summed E-state index contributed by atoms with van der Waals surface area (Å²) in [6.07, 6.45) is -0.0777. The second-order valence-corrected chi connectivity index (χ2v) is 12.7. The van der Waals surface area contributed by atoms with Crippen LogP contribution in [0, 0.1) is 33.6 Å². The first kappa shape index (κ1) is 32.9. The van der Waals surface area contributed by atoms with E-state index in [0.717, 1.165) is 33.5 Å². The van der Waals surface area contributed by atoms with E-state index >= 15 is 0 Å². The van der Waals surface area contributed by atoms with Gasteiger partial charge < -0.3 is 20.3 Å². The summed E-state index contributed by atoms with van der Waals surface area (Å²) < 4.78 is 5.50. The summed E-state index contributed by atoms with van der Waals surface area (Å²) in [5.41, 5.74) is 3.76. The maximum Gasteiger partial charge on any atom is 0.408 e. The largest absolute Gasteiger partial charge is 0.444 e. The molecule has 7 heteroatoms. The minimum absolute atomic E-state index is 0.254. The number of para-hydroxylation sites is 1. The highest BCUT2D eigenvalue weighted by atomic mass is 16.6. The van der Waals surface area contributed by atoms with Gasteiger partial charge >= 0.3 is 6.09 Å². The molecule has 0 aliphatic heterocycles. The molecule has 0 aromatic heterocycles. The standard InChI is InChI=1S/C33H49N3O4/c1-13-33(11,12)36(30(38)26(20(2)3)35-31(39)40-32(8,9)10)28(25-21(4)16-14-17-22(25)5)29(37)34-27-23(6)18-15-19-24(27)7/h14-20,26,28H,13H2,1-12H3,(H,34,37)(H,35,39). The molecule has 0 radical (unpaired) electrons. The lowest BCUT2D eigenvalue weighted by Gasteiger charge is -2.45. The number of benzene rings is 2. The molecule has 2 unspecified atom stereocenters. The lowest BCUT2D eigenvalue weighted by molar-refractivity contribution is -0.148. The predicted octanol–water partition coefficient (Wildman–Crippen LogP) is 7.17. The molecular formula is C33H49N3O4. The molecule has 0 aliphatic carbocycles. The Hall–Kier alpha value is -3.35. The van der Waals surface area contributed by atoms with Crippen molar-refractivity contribution in [3.05, 3.63) is 64.2 Å². The summed E-state index contributed by atoms with van der Waals surface area (Å²) in [5, 5.41) is 5.97. The van der Waals surface area contributed by atoms with E-state index in [1.54, 1.807) is 25.7 Å². The Bertz CT molecular complexity index is 1190. The highest BCUT2D eigenvalue weighted by molar-refractivity contribution is 6.00. The molecule has 3 amide bonds. The Morgan fingerprint density at radius 3 is 1.75 bits per heavy atom. The van der Waals surface area contributed by atoms with Gasteiger partial charge in [-0.3, -0.25) is 9.59 Å². The van der Waals surface area contributed by atoms with Gasteiger partial charge in [0.25, 0.3) is 5.91 Å². The SMILES string of the molecule is CCC(C)(C)N(C(=O)C(NC(=O)OC(C)(C)C)C(C)C)C(C(=O)Nc1c(C)cccc1C)c1c(C)cccc1C. The van der Waals surface area contributed by atoms with E-state index in [1.807, 2.05) is 98.7 Å². The second-order valence-electron chi connectivity index (χ2n) is 12.7. The van der Waals surface area contributed by atoms with Crippen molar-refractivity contribution in [2.75, 3.05) is 5.32 Å². The number of anilines is 1. The first-order chi connectivity index (χ1) is 18.4. The van der Waals surface area contributed by atoms with Crippen LogP contribution < -0.4 is 10.6 Å². The van der Waals surface area contributed by atoms with Gasteiger partial charge in [0.05, 0.1) is 0 Å². The molecular weight excluding hydrogens is 502 g/mol. The Morgan fingerprint density at radius 1 is 0.850 bits per heavy atom. The van der Waals surface area contributed by atoms with Gasteiger partial charge in [-0.1, -0.05) is 57.2 Å².